The molecule has 1 saturated heterocycles. The largest absolute Gasteiger partial charge is 0.378 e. The summed E-state index contributed by atoms with van der Waals surface area (Å²) in [5.74, 6) is -2.09. The monoisotopic (exact) mass is 247 g/mol. The molecule has 1 fully saturated rings. The molecule has 94 valence electrons. The maximum atomic E-state index is 13.6. The lowest BCUT2D eigenvalue weighted by Crippen LogP contribution is -2.22. The van der Waals surface area contributed by atoms with Crippen molar-refractivity contribution < 1.29 is 13.9 Å². The number of nitrogens with zero attached hydrogens (tertiary/aromatic N) is 1. The van der Waals surface area contributed by atoms with Gasteiger partial charge in [0.15, 0.2) is 5.78 Å². The highest BCUT2D eigenvalue weighted by molar-refractivity contribution is 5.90. The molecule has 1 aliphatic rings. The van der Waals surface area contributed by atoms with E-state index in [1.54, 1.807) is 12.1 Å². The zero-order valence-electron chi connectivity index (χ0n) is 10.1. The average molecular weight is 247 g/mol. The van der Waals surface area contributed by atoms with Crippen LogP contribution in [0, 0.1) is 23.1 Å². The number of ether oxygens (including phenoxy) is 1. The van der Waals surface area contributed by atoms with Crippen LogP contribution >= 0.6 is 0 Å². The molecule has 18 heavy (non-hydrogen) atoms. The highest BCUT2D eigenvalue weighted by atomic mass is 19.1. The van der Waals surface area contributed by atoms with Gasteiger partial charge in [-0.3, -0.25) is 4.79 Å². The van der Waals surface area contributed by atoms with E-state index in [-0.39, 0.29) is 23.4 Å². The summed E-state index contributed by atoms with van der Waals surface area (Å²) in [6.45, 7) is 2.21. The Hall–Kier alpha value is -1.73. The van der Waals surface area contributed by atoms with Crippen molar-refractivity contribution in [2.24, 2.45) is 5.92 Å². The first-order chi connectivity index (χ1) is 8.63. The van der Waals surface area contributed by atoms with E-state index >= 15 is 0 Å². The third kappa shape index (κ3) is 2.41. The van der Waals surface area contributed by atoms with Crippen molar-refractivity contribution in [3.05, 3.63) is 35.6 Å². The number of benzene rings is 1. The second-order valence-corrected chi connectivity index (χ2v) is 4.56. The van der Waals surface area contributed by atoms with E-state index in [2.05, 4.69) is 0 Å². The molecule has 1 aromatic carbocycles. The zero-order chi connectivity index (χ0) is 13.1. The van der Waals surface area contributed by atoms with Gasteiger partial charge in [-0.25, -0.2) is 4.39 Å². The van der Waals surface area contributed by atoms with Gasteiger partial charge in [-0.2, -0.15) is 5.26 Å². The van der Waals surface area contributed by atoms with Crippen molar-refractivity contribution in [3.8, 4) is 6.07 Å². The molecule has 0 N–H and O–H groups in total. The lowest BCUT2D eigenvalue weighted by Gasteiger charge is -2.13. The number of halogens is 1. The summed E-state index contributed by atoms with van der Waals surface area (Å²) in [7, 11) is 0. The van der Waals surface area contributed by atoms with Crippen LogP contribution < -0.4 is 0 Å². The number of nitriles is 1. The molecule has 1 heterocycles. The minimum atomic E-state index is -1.04. The van der Waals surface area contributed by atoms with E-state index in [0.29, 0.717) is 13.0 Å². The van der Waals surface area contributed by atoms with Gasteiger partial charge in [-0.05, 0) is 19.4 Å². The van der Waals surface area contributed by atoms with Gasteiger partial charge in [0, 0.05) is 11.5 Å². The molecular weight excluding hydrogens is 233 g/mol. The van der Waals surface area contributed by atoms with Crippen molar-refractivity contribution in [2.45, 2.75) is 25.4 Å². The molecule has 0 radical (unpaired) electrons. The maximum Gasteiger partial charge on any atom is 0.160 e. The molecule has 4 heteroatoms. The minimum Gasteiger partial charge on any atom is -0.378 e. The van der Waals surface area contributed by atoms with Gasteiger partial charge in [-0.15, -0.1) is 0 Å². The topological polar surface area (TPSA) is 50.1 Å². The molecule has 0 saturated carbocycles. The molecule has 0 amide bonds. The van der Waals surface area contributed by atoms with Crippen molar-refractivity contribution in [3.63, 3.8) is 0 Å². The molecule has 0 spiro atoms. The van der Waals surface area contributed by atoms with Crippen LogP contribution in [0.1, 0.15) is 24.8 Å². The Morgan fingerprint density at radius 2 is 2.28 bits per heavy atom. The zero-order valence-corrected chi connectivity index (χ0v) is 10.1. The normalized spacial score (nSPS) is 24.5. The first-order valence-electron chi connectivity index (χ1n) is 5.93. The summed E-state index contributed by atoms with van der Waals surface area (Å²) in [5.41, 5.74) is 0.157. The number of carbonyl (C=O) groups excluding carboxylic acids is 1. The minimum absolute atomic E-state index is 0.0268. The molecule has 3 atom stereocenters. The number of carbonyl (C=O) groups is 1. The van der Waals surface area contributed by atoms with Crippen molar-refractivity contribution >= 4 is 5.78 Å². The smallest absolute Gasteiger partial charge is 0.160 e. The Morgan fingerprint density at radius 3 is 2.83 bits per heavy atom. The predicted octanol–water partition coefficient (Wildman–Crippen LogP) is 2.43. The van der Waals surface area contributed by atoms with E-state index in [1.165, 1.54) is 12.1 Å². The first-order valence-corrected chi connectivity index (χ1v) is 5.93. The summed E-state index contributed by atoms with van der Waals surface area (Å²) < 4.78 is 18.9. The van der Waals surface area contributed by atoms with Gasteiger partial charge in [-0.1, -0.05) is 18.2 Å². The van der Waals surface area contributed by atoms with E-state index < -0.39 is 11.7 Å². The fraction of sp³-hybridized carbons (Fsp3) is 0.429. The standard InChI is InChI=1S/C14H14FNO2/c1-9-6-10(8-18-9)14(17)12(7-16)11-4-2-3-5-13(11)15/h2-5,9-10,12H,6,8H2,1H3. The fourth-order valence-electron chi connectivity index (χ4n) is 2.25. The third-order valence-electron chi connectivity index (χ3n) is 3.23. The van der Waals surface area contributed by atoms with Gasteiger partial charge in [0.25, 0.3) is 0 Å². The van der Waals surface area contributed by atoms with Gasteiger partial charge in [0.1, 0.15) is 11.7 Å². The van der Waals surface area contributed by atoms with Crippen LogP contribution in [0.25, 0.3) is 0 Å². The van der Waals surface area contributed by atoms with Crippen LogP contribution in [0.4, 0.5) is 4.39 Å². The summed E-state index contributed by atoms with van der Waals surface area (Å²) >= 11 is 0. The molecule has 3 unspecified atom stereocenters. The van der Waals surface area contributed by atoms with Gasteiger partial charge >= 0.3 is 0 Å². The first kappa shape index (κ1) is 12.7. The van der Waals surface area contributed by atoms with Gasteiger partial charge < -0.3 is 4.74 Å². The predicted molar refractivity (Wildman–Crippen MR) is 63.3 cm³/mol. The quantitative estimate of drug-likeness (QED) is 0.824. The Labute approximate surface area is 105 Å². The molecule has 0 aliphatic carbocycles. The molecule has 3 nitrogen and oxygen atoms in total. The molecule has 1 aliphatic heterocycles. The number of hydrogen-bond acceptors (Lipinski definition) is 3. The van der Waals surface area contributed by atoms with E-state index in [9.17, 15) is 9.18 Å². The lowest BCUT2D eigenvalue weighted by molar-refractivity contribution is -0.123. The number of Topliss-reactive ketones (excluding diaryl/α,β-unsaturated/α-hetero) is 1. The molecule has 2 rings (SSSR count). The van der Waals surface area contributed by atoms with Crippen LogP contribution in [0.3, 0.4) is 0 Å². The molecule has 1 aromatic rings. The summed E-state index contributed by atoms with van der Waals surface area (Å²) in [4.78, 5) is 12.2. The van der Waals surface area contributed by atoms with Crippen LogP contribution in [-0.4, -0.2) is 18.5 Å². The molecule has 0 bridgehead atoms. The second kappa shape index (κ2) is 5.28. The Bertz CT molecular complexity index is 495. The van der Waals surface area contributed by atoms with E-state index in [0.717, 1.165) is 0 Å². The highest BCUT2D eigenvalue weighted by Gasteiger charge is 2.34. The van der Waals surface area contributed by atoms with Crippen molar-refractivity contribution in [1.29, 1.82) is 5.26 Å². The molecule has 0 aromatic heterocycles. The average Bonchev–Trinajstić information content (AvgIpc) is 2.79. The summed E-state index contributed by atoms with van der Waals surface area (Å²) in [6.07, 6.45) is 0.629. The van der Waals surface area contributed by atoms with E-state index in [1.807, 2.05) is 13.0 Å². The van der Waals surface area contributed by atoms with Crippen LogP contribution in [0.2, 0.25) is 0 Å². The lowest BCUT2D eigenvalue weighted by atomic mass is 9.87. The van der Waals surface area contributed by atoms with Gasteiger partial charge in [0.2, 0.25) is 0 Å². The summed E-state index contributed by atoms with van der Waals surface area (Å²) in [5, 5.41) is 9.12. The fourth-order valence-corrected chi connectivity index (χ4v) is 2.25. The van der Waals surface area contributed by atoms with E-state index in [4.69, 9.17) is 10.00 Å². The Kier molecular flexibility index (Phi) is 3.73. The maximum absolute atomic E-state index is 13.6. The van der Waals surface area contributed by atoms with Gasteiger partial charge in [0.05, 0.1) is 18.8 Å². The Morgan fingerprint density at radius 1 is 1.56 bits per heavy atom. The second-order valence-electron chi connectivity index (χ2n) is 4.56. The Balaban J connectivity index is 2.22. The number of hydrogen-bond donors (Lipinski definition) is 0. The van der Waals surface area contributed by atoms with Crippen LogP contribution in [0.5, 0.6) is 0 Å². The van der Waals surface area contributed by atoms with Crippen molar-refractivity contribution in [1.82, 2.24) is 0 Å². The SMILES string of the molecule is CC1CC(C(=O)C(C#N)c2ccccc2F)CO1. The number of rotatable bonds is 3. The highest BCUT2D eigenvalue weighted by Crippen LogP contribution is 2.28. The number of ketones is 1. The third-order valence-corrected chi connectivity index (χ3v) is 3.23. The molecular formula is C14H14FNO2. The van der Waals surface area contributed by atoms with Crippen LogP contribution in [0.15, 0.2) is 24.3 Å². The van der Waals surface area contributed by atoms with Crippen LogP contribution in [-0.2, 0) is 9.53 Å². The summed E-state index contributed by atoms with van der Waals surface area (Å²) in [6, 6.07) is 7.83. The van der Waals surface area contributed by atoms with Crippen molar-refractivity contribution in [2.75, 3.05) is 6.61 Å².